The van der Waals surface area contributed by atoms with Gasteiger partial charge in [-0.3, -0.25) is 4.79 Å². The summed E-state index contributed by atoms with van der Waals surface area (Å²) in [4.78, 5) is 32.5. The van der Waals surface area contributed by atoms with Gasteiger partial charge in [-0.2, -0.15) is 0 Å². The molecule has 0 spiro atoms. The van der Waals surface area contributed by atoms with Crippen LogP contribution in [0.3, 0.4) is 0 Å². The molecule has 34 heavy (non-hydrogen) atoms. The first-order valence-electron chi connectivity index (χ1n) is 11.4. The number of carbonyl (C=O) groups is 1. The molecule has 0 saturated carbocycles. The molecule has 1 aliphatic heterocycles. The first kappa shape index (κ1) is 21.2. The SMILES string of the molecule is CC(C)(C)C1CCc2c(sc3ncn4c(=O)n(CC(=O)Nc5ccc6c(c5)OCO6)nc4c23)C1. The Morgan fingerprint density at radius 1 is 1.26 bits per heavy atom. The van der Waals surface area contributed by atoms with Gasteiger partial charge in [-0.05, 0) is 48.3 Å². The molecule has 1 aromatic carbocycles. The van der Waals surface area contributed by atoms with Crippen LogP contribution in [0.4, 0.5) is 5.69 Å². The summed E-state index contributed by atoms with van der Waals surface area (Å²) < 4.78 is 13.3. The number of nitrogens with one attached hydrogen (secondary N) is 1. The molecule has 2 aliphatic rings. The average molecular weight is 480 g/mol. The van der Waals surface area contributed by atoms with Crippen molar-refractivity contribution < 1.29 is 14.3 Å². The first-order chi connectivity index (χ1) is 16.3. The molecule has 1 atom stereocenters. The Bertz CT molecular complexity index is 1510. The Morgan fingerprint density at radius 2 is 2.09 bits per heavy atom. The van der Waals surface area contributed by atoms with Crippen molar-refractivity contribution in [3.8, 4) is 11.5 Å². The van der Waals surface area contributed by atoms with Gasteiger partial charge in [-0.15, -0.1) is 16.4 Å². The van der Waals surface area contributed by atoms with E-state index in [0.717, 1.165) is 29.5 Å². The number of aryl methyl sites for hydroxylation is 1. The van der Waals surface area contributed by atoms with Crippen LogP contribution in [0, 0.1) is 11.3 Å². The standard InChI is InChI=1S/C24H25N5O4S/c1-24(2,3)13-4-6-15-18(8-13)34-22-20(15)21-27-29(23(31)28(21)11-25-22)10-19(30)26-14-5-7-16-17(9-14)33-12-32-16/h5,7,9,11,13H,4,6,8,10,12H2,1-3H3,(H,26,30). The van der Waals surface area contributed by atoms with E-state index in [2.05, 4.69) is 36.2 Å². The Morgan fingerprint density at radius 3 is 2.91 bits per heavy atom. The molecule has 1 N–H and O–H groups in total. The van der Waals surface area contributed by atoms with Crippen LogP contribution in [-0.4, -0.2) is 31.9 Å². The third kappa shape index (κ3) is 3.44. The van der Waals surface area contributed by atoms with Gasteiger partial charge < -0.3 is 14.8 Å². The number of aromatic nitrogens is 4. The van der Waals surface area contributed by atoms with Crippen LogP contribution in [0.1, 0.15) is 37.6 Å². The highest BCUT2D eigenvalue weighted by Gasteiger charge is 2.32. The van der Waals surface area contributed by atoms with Gasteiger partial charge in [0.15, 0.2) is 17.1 Å². The van der Waals surface area contributed by atoms with E-state index < -0.39 is 0 Å². The minimum atomic E-state index is -0.381. The summed E-state index contributed by atoms with van der Waals surface area (Å²) in [6.45, 7) is 6.84. The smallest absolute Gasteiger partial charge is 0.352 e. The summed E-state index contributed by atoms with van der Waals surface area (Å²) in [6.07, 6.45) is 4.59. The highest BCUT2D eigenvalue weighted by molar-refractivity contribution is 7.19. The number of ether oxygens (including phenoxy) is 2. The number of hydrogen-bond donors (Lipinski definition) is 1. The lowest BCUT2D eigenvalue weighted by atomic mass is 9.72. The highest BCUT2D eigenvalue weighted by atomic mass is 32.1. The molecular formula is C24H25N5O4S. The van der Waals surface area contributed by atoms with E-state index in [0.29, 0.717) is 28.8 Å². The zero-order valence-corrected chi connectivity index (χ0v) is 20.1. The maximum atomic E-state index is 13.0. The van der Waals surface area contributed by atoms with E-state index in [1.807, 2.05) is 0 Å². The van der Waals surface area contributed by atoms with Crippen molar-refractivity contribution in [2.24, 2.45) is 11.3 Å². The van der Waals surface area contributed by atoms with Crippen molar-refractivity contribution in [3.63, 3.8) is 0 Å². The van der Waals surface area contributed by atoms with Crippen molar-refractivity contribution >= 4 is 38.8 Å². The molecule has 0 radical (unpaired) electrons. The zero-order chi connectivity index (χ0) is 23.6. The fourth-order valence-electron chi connectivity index (χ4n) is 4.85. The number of benzene rings is 1. The van der Waals surface area contributed by atoms with Gasteiger partial charge in [0, 0.05) is 16.6 Å². The number of carbonyl (C=O) groups excluding carboxylic acids is 1. The quantitative estimate of drug-likeness (QED) is 0.482. The van der Waals surface area contributed by atoms with Crippen LogP contribution in [0.2, 0.25) is 0 Å². The molecule has 6 rings (SSSR count). The number of rotatable bonds is 3. The second-order valence-electron chi connectivity index (χ2n) is 9.98. The maximum absolute atomic E-state index is 13.0. The molecule has 10 heteroatoms. The lowest BCUT2D eigenvalue weighted by molar-refractivity contribution is -0.117. The molecule has 0 bridgehead atoms. The van der Waals surface area contributed by atoms with E-state index in [4.69, 9.17) is 9.47 Å². The molecule has 4 heterocycles. The molecule has 0 saturated heterocycles. The molecular weight excluding hydrogens is 454 g/mol. The predicted molar refractivity (Wildman–Crippen MR) is 129 cm³/mol. The number of fused-ring (bicyclic) bond motifs is 6. The van der Waals surface area contributed by atoms with Gasteiger partial charge in [-0.25, -0.2) is 18.9 Å². The summed E-state index contributed by atoms with van der Waals surface area (Å²) in [5.41, 5.74) is 2.25. The van der Waals surface area contributed by atoms with Gasteiger partial charge in [0.1, 0.15) is 17.7 Å². The first-order valence-corrected chi connectivity index (χ1v) is 12.2. The van der Waals surface area contributed by atoms with E-state index in [1.54, 1.807) is 29.5 Å². The van der Waals surface area contributed by atoms with Crippen LogP contribution in [0.5, 0.6) is 11.5 Å². The van der Waals surface area contributed by atoms with E-state index in [-0.39, 0.29) is 30.3 Å². The molecule has 0 fully saturated rings. The highest BCUT2D eigenvalue weighted by Crippen LogP contribution is 2.43. The van der Waals surface area contributed by atoms with Gasteiger partial charge >= 0.3 is 5.69 Å². The van der Waals surface area contributed by atoms with Gasteiger partial charge in [0.25, 0.3) is 0 Å². The minimum Gasteiger partial charge on any atom is -0.454 e. The van der Waals surface area contributed by atoms with Crippen LogP contribution in [-0.2, 0) is 24.2 Å². The molecule has 176 valence electrons. The third-order valence-electron chi connectivity index (χ3n) is 6.81. The summed E-state index contributed by atoms with van der Waals surface area (Å²) in [5, 5.41) is 8.30. The van der Waals surface area contributed by atoms with Gasteiger partial charge in [-0.1, -0.05) is 20.8 Å². The van der Waals surface area contributed by atoms with Crippen molar-refractivity contribution in [1.82, 2.24) is 19.2 Å². The topological polar surface area (TPSA) is 99.8 Å². The molecule has 1 unspecified atom stereocenters. The summed E-state index contributed by atoms with van der Waals surface area (Å²) in [6, 6.07) is 5.16. The summed E-state index contributed by atoms with van der Waals surface area (Å²) >= 11 is 1.70. The largest absolute Gasteiger partial charge is 0.454 e. The van der Waals surface area contributed by atoms with Crippen LogP contribution < -0.4 is 20.5 Å². The van der Waals surface area contributed by atoms with Gasteiger partial charge in [0.2, 0.25) is 12.7 Å². The van der Waals surface area contributed by atoms with Crippen LogP contribution in [0.15, 0.2) is 29.3 Å². The minimum absolute atomic E-state index is 0.162. The molecule has 4 aromatic rings. The molecule has 1 amide bonds. The Kier molecular flexibility index (Phi) is 4.70. The average Bonchev–Trinajstić information content (AvgIpc) is 3.48. The Labute approximate surface area is 199 Å². The molecule has 9 nitrogen and oxygen atoms in total. The fraction of sp³-hybridized carbons (Fsp3) is 0.417. The predicted octanol–water partition coefficient (Wildman–Crippen LogP) is 3.62. The molecule has 3 aromatic heterocycles. The monoisotopic (exact) mass is 479 g/mol. The van der Waals surface area contributed by atoms with E-state index in [1.165, 1.54) is 25.9 Å². The number of hydrogen-bond acceptors (Lipinski definition) is 7. The number of anilines is 1. The second-order valence-corrected chi connectivity index (χ2v) is 11.1. The van der Waals surface area contributed by atoms with Crippen molar-refractivity contribution in [3.05, 3.63) is 45.5 Å². The lowest BCUT2D eigenvalue weighted by Crippen LogP contribution is -2.28. The van der Waals surface area contributed by atoms with E-state index >= 15 is 0 Å². The molecule has 1 aliphatic carbocycles. The van der Waals surface area contributed by atoms with Gasteiger partial charge in [0.05, 0.1) is 5.39 Å². The zero-order valence-electron chi connectivity index (χ0n) is 19.3. The Balaban J connectivity index is 1.31. The van der Waals surface area contributed by atoms with Crippen LogP contribution in [0.25, 0.3) is 15.9 Å². The third-order valence-corrected chi connectivity index (χ3v) is 7.97. The number of nitrogens with zero attached hydrogens (tertiary/aromatic N) is 4. The van der Waals surface area contributed by atoms with Crippen molar-refractivity contribution in [1.29, 1.82) is 0 Å². The lowest BCUT2D eigenvalue weighted by Gasteiger charge is -2.33. The summed E-state index contributed by atoms with van der Waals surface area (Å²) in [7, 11) is 0. The number of thiophene rings is 1. The Hall–Kier alpha value is -3.40. The van der Waals surface area contributed by atoms with Crippen molar-refractivity contribution in [2.75, 3.05) is 12.1 Å². The van der Waals surface area contributed by atoms with Crippen molar-refractivity contribution in [2.45, 2.75) is 46.6 Å². The number of amides is 1. The van der Waals surface area contributed by atoms with Crippen LogP contribution >= 0.6 is 11.3 Å². The van der Waals surface area contributed by atoms with E-state index in [9.17, 15) is 9.59 Å². The second kappa shape index (κ2) is 7.56. The maximum Gasteiger partial charge on any atom is 0.352 e. The normalized spacial score (nSPS) is 17.3. The summed E-state index contributed by atoms with van der Waals surface area (Å²) in [5.74, 6) is 1.48. The fourth-order valence-corrected chi connectivity index (χ4v) is 6.11.